The van der Waals surface area contributed by atoms with Gasteiger partial charge < -0.3 is 15.8 Å². The smallest absolute Gasteiger partial charge is 0.271 e. The molecule has 6 heteroatoms. The molecule has 1 amide bonds. The van der Waals surface area contributed by atoms with E-state index in [0.717, 1.165) is 19.4 Å². The maximum atomic E-state index is 11.6. The van der Waals surface area contributed by atoms with Crippen molar-refractivity contribution in [2.45, 2.75) is 18.9 Å². The maximum Gasteiger partial charge on any atom is 0.271 e. The predicted molar refractivity (Wildman–Crippen MR) is 57.8 cm³/mol. The molecule has 0 spiro atoms. The van der Waals surface area contributed by atoms with Crippen LogP contribution in [0, 0.1) is 0 Å². The van der Waals surface area contributed by atoms with Crippen molar-refractivity contribution in [1.29, 1.82) is 0 Å². The number of nitrogens with two attached hydrogens (primary N) is 1. The molecule has 0 radical (unpaired) electrons. The number of carbonyl (C=O) groups is 1. The minimum atomic E-state index is -0.247. The third-order valence-corrected chi connectivity index (χ3v) is 2.42. The molecular formula is C10H14N4O2. The molecule has 0 aromatic carbocycles. The molecule has 1 unspecified atom stereocenters. The minimum Gasteiger partial charge on any atom is -0.382 e. The maximum absolute atomic E-state index is 11.6. The van der Waals surface area contributed by atoms with Gasteiger partial charge in [-0.15, -0.1) is 0 Å². The Hall–Kier alpha value is -1.69. The van der Waals surface area contributed by atoms with Crippen molar-refractivity contribution in [2.75, 3.05) is 18.9 Å². The number of aromatic nitrogens is 2. The van der Waals surface area contributed by atoms with E-state index in [0.29, 0.717) is 12.4 Å². The fourth-order valence-corrected chi connectivity index (χ4v) is 1.56. The largest absolute Gasteiger partial charge is 0.382 e. The van der Waals surface area contributed by atoms with Crippen molar-refractivity contribution in [3.63, 3.8) is 0 Å². The third-order valence-electron chi connectivity index (χ3n) is 2.42. The molecule has 1 aromatic rings. The molecule has 1 fully saturated rings. The normalized spacial score (nSPS) is 19.6. The SMILES string of the molecule is Nc1cnc(C(=O)NCC2CCCO2)cn1. The van der Waals surface area contributed by atoms with Crippen molar-refractivity contribution in [3.05, 3.63) is 18.1 Å². The molecule has 1 aliphatic heterocycles. The second-order valence-electron chi connectivity index (χ2n) is 3.67. The van der Waals surface area contributed by atoms with Crippen LogP contribution in [0.3, 0.4) is 0 Å². The molecule has 2 rings (SSSR count). The van der Waals surface area contributed by atoms with Crippen LogP contribution in [-0.2, 0) is 4.74 Å². The summed E-state index contributed by atoms with van der Waals surface area (Å²) in [5.41, 5.74) is 5.65. The van der Waals surface area contributed by atoms with Crippen LogP contribution in [0.2, 0.25) is 0 Å². The number of hydrogen-bond acceptors (Lipinski definition) is 5. The molecule has 0 saturated carbocycles. The molecular weight excluding hydrogens is 208 g/mol. The molecule has 1 aliphatic rings. The number of carbonyl (C=O) groups excluding carboxylic acids is 1. The van der Waals surface area contributed by atoms with E-state index in [2.05, 4.69) is 15.3 Å². The Bertz CT molecular complexity index is 360. The van der Waals surface area contributed by atoms with Crippen LogP contribution in [0.15, 0.2) is 12.4 Å². The fraction of sp³-hybridized carbons (Fsp3) is 0.500. The summed E-state index contributed by atoms with van der Waals surface area (Å²) in [6.45, 7) is 1.30. The van der Waals surface area contributed by atoms with Gasteiger partial charge >= 0.3 is 0 Å². The minimum absolute atomic E-state index is 0.130. The van der Waals surface area contributed by atoms with Crippen LogP contribution in [0.25, 0.3) is 0 Å². The molecule has 16 heavy (non-hydrogen) atoms. The summed E-state index contributed by atoms with van der Waals surface area (Å²) >= 11 is 0. The molecule has 1 saturated heterocycles. The first-order valence-electron chi connectivity index (χ1n) is 5.23. The highest BCUT2D eigenvalue weighted by Crippen LogP contribution is 2.10. The lowest BCUT2D eigenvalue weighted by atomic mass is 10.2. The second-order valence-corrected chi connectivity index (χ2v) is 3.67. The Morgan fingerprint density at radius 3 is 3.06 bits per heavy atom. The summed E-state index contributed by atoms with van der Waals surface area (Å²) in [6.07, 6.45) is 4.91. The first-order chi connectivity index (χ1) is 7.75. The van der Waals surface area contributed by atoms with Gasteiger partial charge in [0.1, 0.15) is 11.5 Å². The third kappa shape index (κ3) is 2.66. The zero-order valence-corrected chi connectivity index (χ0v) is 8.85. The van der Waals surface area contributed by atoms with Gasteiger partial charge in [0.15, 0.2) is 0 Å². The highest BCUT2D eigenvalue weighted by Gasteiger charge is 2.17. The fourth-order valence-electron chi connectivity index (χ4n) is 1.56. The van der Waals surface area contributed by atoms with Crippen LogP contribution in [0.4, 0.5) is 5.82 Å². The Balaban J connectivity index is 1.85. The van der Waals surface area contributed by atoms with Gasteiger partial charge in [-0.3, -0.25) is 4.79 Å². The summed E-state index contributed by atoms with van der Waals surface area (Å²) in [7, 11) is 0. The number of nitrogens with one attached hydrogen (secondary N) is 1. The van der Waals surface area contributed by atoms with Crippen LogP contribution in [0.1, 0.15) is 23.3 Å². The Morgan fingerprint density at radius 1 is 1.56 bits per heavy atom. The van der Waals surface area contributed by atoms with Crippen LogP contribution in [0.5, 0.6) is 0 Å². The monoisotopic (exact) mass is 222 g/mol. The highest BCUT2D eigenvalue weighted by molar-refractivity contribution is 5.91. The summed E-state index contributed by atoms with van der Waals surface area (Å²) in [4.78, 5) is 19.3. The molecule has 1 aromatic heterocycles. The molecule has 1 atom stereocenters. The topological polar surface area (TPSA) is 90.1 Å². The van der Waals surface area contributed by atoms with Gasteiger partial charge in [0, 0.05) is 13.2 Å². The Labute approximate surface area is 93.2 Å². The van der Waals surface area contributed by atoms with Crippen molar-refractivity contribution >= 4 is 11.7 Å². The van der Waals surface area contributed by atoms with Crippen LogP contribution >= 0.6 is 0 Å². The van der Waals surface area contributed by atoms with Crippen molar-refractivity contribution in [3.8, 4) is 0 Å². The summed E-state index contributed by atoms with van der Waals surface area (Å²) in [6, 6.07) is 0. The molecule has 0 bridgehead atoms. The van der Waals surface area contributed by atoms with Crippen LogP contribution in [-0.4, -0.2) is 35.1 Å². The Morgan fingerprint density at radius 2 is 2.44 bits per heavy atom. The standard InChI is InChI=1S/C10H14N4O2/c11-9-6-12-8(5-13-9)10(15)14-4-7-2-1-3-16-7/h5-7H,1-4H2,(H2,11,13)(H,14,15). The van der Waals surface area contributed by atoms with Gasteiger partial charge in [0.25, 0.3) is 5.91 Å². The van der Waals surface area contributed by atoms with E-state index < -0.39 is 0 Å². The van der Waals surface area contributed by atoms with Crippen LogP contribution < -0.4 is 11.1 Å². The Kier molecular flexibility index (Phi) is 3.31. The number of ether oxygens (including phenoxy) is 1. The molecule has 86 valence electrons. The zero-order chi connectivity index (χ0) is 11.4. The number of amides is 1. The molecule has 0 aliphatic carbocycles. The number of rotatable bonds is 3. The predicted octanol–water partition coefficient (Wildman–Crippen LogP) is -0.0324. The van der Waals surface area contributed by atoms with E-state index in [1.165, 1.54) is 12.4 Å². The molecule has 3 N–H and O–H groups in total. The van der Waals surface area contributed by atoms with Gasteiger partial charge in [-0.1, -0.05) is 0 Å². The van der Waals surface area contributed by atoms with E-state index in [9.17, 15) is 4.79 Å². The van der Waals surface area contributed by atoms with Crippen molar-refractivity contribution in [1.82, 2.24) is 15.3 Å². The van der Waals surface area contributed by atoms with Gasteiger partial charge in [0.05, 0.1) is 18.5 Å². The van der Waals surface area contributed by atoms with E-state index in [1.54, 1.807) is 0 Å². The zero-order valence-electron chi connectivity index (χ0n) is 8.85. The summed E-state index contributed by atoms with van der Waals surface area (Å²) in [5, 5.41) is 2.75. The summed E-state index contributed by atoms with van der Waals surface area (Å²) in [5.74, 6) is 0.0543. The number of nitrogens with zero attached hydrogens (tertiary/aromatic N) is 2. The lowest BCUT2D eigenvalue weighted by molar-refractivity contribution is 0.0853. The van der Waals surface area contributed by atoms with Gasteiger partial charge in [0.2, 0.25) is 0 Å². The average Bonchev–Trinajstić information content (AvgIpc) is 2.80. The number of anilines is 1. The molecule has 6 nitrogen and oxygen atoms in total. The number of nitrogen functional groups attached to an aromatic ring is 1. The quantitative estimate of drug-likeness (QED) is 0.749. The van der Waals surface area contributed by atoms with Gasteiger partial charge in [-0.2, -0.15) is 0 Å². The van der Waals surface area contributed by atoms with E-state index in [4.69, 9.17) is 10.5 Å². The lowest BCUT2D eigenvalue weighted by Gasteiger charge is -2.10. The highest BCUT2D eigenvalue weighted by atomic mass is 16.5. The lowest BCUT2D eigenvalue weighted by Crippen LogP contribution is -2.32. The van der Waals surface area contributed by atoms with E-state index in [1.807, 2.05) is 0 Å². The molecule has 2 heterocycles. The van der Waals surface area contributed by atoms with E-state index >= 15 is 0 Å². The van der Waals surface area contributed by atoms with Gasteiger partial charge in [-0.25, -0.2) is 9.97 Å². The summed E-state index contributed by atoms with van der Waals surface area (Å²) < 4.78 is 5.39. The first-order valence-corrected chi connectivity index (χ1v) is 5.23. The average molecular weight is 222 g/mol. The van der Waals surface area contributed by atoms with Gasteiger partial charge in [-0.05, 0) is 12.8 Å². The second kappa shape index (κ2) is 4.89. The number of hydrogen-bond donors (Lipinski definition) is 2. The van der Waals surface area contributed by atoms with Crippen molar-refractivity contribution < 1.29 is 9.53 Å². The van der Waals surface area contributed by atoms with E-state index in [-0.39, 0.29) is 17.7 Å². The van der Waals surface area contributed by atoms with Crippen molar-refractivity contribution in [2.24, 2.45) is 0 Å². The first kappa shape index (κ1) is 10.8.